The van der Waals surface area contributed by atoms with E-state index < -0.39 is 23.4 Å². The molecule has 0 aliphatic rings. The van der Waals surface area contributed by atoms with Gasteiger partial charge in [-0.1, -0.05) is 39.2 Å². The number of carbonyl (C=O) groups is 1. The van der Waals surface area contributed by atoms with Crippen LogP contribution < -0.4 is 4.74 Å². The van der Waals surface area contributed by atoms with Gasteiger partial charge in [-0.2, -0.15) is 0 Å². The molecule has 0 amide bonds. The topological polar surface area (TPSA) is 26.3 Å². The molecule has 0 radical (unpaired) electrons. The van der Waals surface area contributed by atoms with Gasteiger partial charge < -0.3 is 4.74 Å². The van der Waals surface area contributed by atoms with Crippen LogP contribution in [-0.4, -0.2) is 5.97 Å². The molecule has 1 unspecified atom stereocenters. The molecule has 0 aromatic heterocycles. The van der Waals surface area contributed by atoms with E-state index in [0.29, 0.717) is 5.92 Å². The van der Waals surface area contributed by atoms with Crippen molar-refractivity contribution in [1.82, 2.24) is 0 Å². The van der Waals surface area contributed by atoms with E-state index in [2.05, 4.69) is 13.8 Å². The van der Waals surface area contributed by atoms with Crippen molar-refractivity contribution in [3.63, 3.8) is 0 Å². The lowest BCUT2D eigenvalue weighted by atomic mass is 9.97. The minimum Gasteiger partial charge on any atom is -0.423 e. The van der Waals surface area contributed by atoms with Crippen LogP contribution in [0.2, 0.25) is 0 Å². The average molecular weight is 364 g/mol. The van der Waals surface area contributed by atoms with Gasteiger partial charge in [-0.25, -0.2) is 18.0 Å². The summed E-state index contributed by atoms with van der Waals surface area (Å²) in [5.74, 6) is -3.34. The van der Waals surface area contributed by atoms with Gasteiger partial charge in [0.15, 0.2) is 11.6 Å². The number of hydrogen-bond donors (Lipinski definition) is 0. The number of rotatable bonds is 8. The van der Waals surface area contributed by atoms with E-state index in [9.17, 15) is 18.0 Å². The monoisotopic (exact) mass is 364 g/mol. The van der Waals surface area contributed by atoms with Gasteiger partial charge in [0.05, 0.1) is 5.56 Å². The molecule has 0 aliphatic heterocycles. The lowest BCUT2D eigenvalue weighted by Crippen LogP contribution is -2.11. The molecule has 2 nitrogen and oxygen atoms in total. The van der Waals surface area contributed by atoms with E-state index in [0.717, 1.165) is 49.4 Å². The summed E-state index contributed by atoms with van der Waals surface area (Å²) in [6.07, 6.45) is 5.12. The van der Waals surface area contributed by atoms with Crippen LogP contribution in [0.15, 0.2) is 36.4 Å². The third kappa shape index (κ3) is 5.61. The second kappa shape index (κ2) is 9.41. The number of benzene rings is 2. The average Bonchev–Trinajstić information content (AvgIpc) is 2.58. The number of hydrogen-bond acceptors (Lipinski definition) is 2. The largest absolute Gasteiger partial charge is 0.423 e. The molecule has 0 saturated heterocycles. The molecular weight excluding hydrogens is 341 g/mol. The maximum atomic E-state index is 14.2. The quantitative estimate of drug-likeness (QED) is 0.419. The van der Waals surface area contributed by atoms with Crippen molar-refractivity contribution in [3.05, 3.63) is 65.0 Å². The third-order valence-electron chi connectivity index (χ3n) is 4.30. The highest BCUT2D eigenvalue weighted by Gasteiger charge is 2.16. The zero-order valence-electron chi connectivity index (χ0n) is 15.0. The first-order chi connectivity index (χ1) is 12.4. The van der Waals surface area contributed by atoms with Crippen LogP contribution in [0.1, 0.15) is 55.5 Å². The van der Waals surface area contributed by atoms with E-state index in [1.54, 1.807) is 6.07 Å². The molecule has 2 rings (SSSR count). The Morgan fingerprint density at radius 2 is 1.77 bits per heavy atom. The van der Waals surface area contributed by atoms with Gasteiger partial charge in [0.25, 0.3) is 0 Å². The molecular formula is C21H23F3O2. The van der Waals surface area contributed by atoms with Crippen LogP contribution in [0.4, 0.5) is 13.2 Å². The smallest absolute Gasteiger partial charge is 0.346 e. The molecule has 2 aromatic rings. The molecule has 0 bridgehead atoms. The Morgan fingerprint density at radius 3 is 2.42 bits per heavy atom. The van der Waals surface area contributed by atoms with Crippen molar-refractivity contribution < 1.29 is 22.7 Å². The summed E-state index contributed by atoms with van der Waals surface area (Å²) in [6.45, 7) is 4.37. The van der Waals surface area contributed by atoms with E-state index in [1.807, 2.05) is 0 Å². The van der Waals surface area contributed by atoms with Crippen LogP contribution in [0.25, 0.3) is 0 Å². The van der Waals surface area contributed by atoms with Gasteiger partial charge in [-0.05, 0) is 48.6 Å². The van der Waals surface area contributed by atoms with Crippen LogP contribution in [0.5, 0.6) is 5.75 Å². The molecule has 2 aromatic carbocycles. The number of esters is 1. The molecule has 0 heterocycles. The van der Waals surface area contributed by atoms with Gasteiger partial charge in [-0.3, -0.25) is 0 Å². The molecule has 1 atom stereocenters. The second-order valence-corrected chi connectivity index (χ2v) is 6.57. The first-order valence-corrected chi connectivity index (χ1v) is 8.86. The van der Waals surface area contributed by atoms with Crippen molar-refractivity contribution in [2.45, 2.75) is 46.0 Å². The molecule has 0 fully saturated rings. The van der Waals surface area contributed by atoms with Crippen LogP contribution >= 0.6 is 0 Å². The fraction of sp³-hybridized carbons (Fsp3) is 0.381. The fourth-order valence-electron chi connectivity index (χ4n) is 2.87. The van der Waals surface area contributed by atoms with E-state index >= 15 is 0 Å². The van der Waals surface area contributed by atoms with Crippen molar-refractivity contribution in [1.29, 1.82) is 0 Å². The molecule has 0 saturated carbocycles. The fourth-order valence-corrected chi connectivity index (χ4v) is 2.87. The molecule has 140 valence electrons. The van der Waals surface area contributed by atoms with Gasteiger partial charge in [0.1, 0.15) is 11.6 Å². The number of aryl methyl sites for hydroxylation is 1. The summed E-state index contributed by atoms with van der Waals surface area (Å²) >= 11 is 0. The Hall–Kier alpha value is -2.30. The first-order valence-electron chi connectivity index (χ1n) is 8.86. The second-order valence-electron chi connectivity index (χ2n) is 6.57. The summed E-state index contributed by atoms with van der Waals surface area (Å²) in [5.41, 5.74) is 0.577. The Kier molecular flexibility index (Phi) is 7.25. The van der Waals surface area contributed by atoms with Gasteiger partial charge in [-0.15, -0.1) is 0 Å². The molecule has 0 spiro atoms. The van der Waals surface area contributed by atoms with E-state index in [-0.39, 0.29) is 11.3 Å². The third-order valence-corrected chi connectivity index (χ3v) is 4.30. The summed E-state index contributed by atoms with van der Waals surface area (Å²) in [5, 5.41) is 0. The van der Waals surface area contributed by atoms with Crippen molar-refractivity contribution in [2.24, 2.45) is 5.92 Å². The lowest BCUT2D eigenvalue weighted by Gasteiger charge is -2.10. The molecule has 0 N–H and O–H groups in total. The van der Waals surface area contributed by atoms with Crippen molar-refractivity contribution in [2.75, 3.05) is 0 Å². The van der Waals surface area contributed by atoms with Crippen molar-refractivity contribution >= 4 is 5.97 Å². The van der Waals surface area contributed by atoms with Crippen LogP contribution in [-0.2, 0) is 6.42 Å². The summed E-state index contributed by atoms with van der Waals surface area (Å²) in [6, 6.07) is 7.08. The van der Waals surface area contributed by atoms with Crippen LogP contribution in [0, 0.1) is 23.4 Å². The summed E-state index contributed by atoms with van der Waals surface area (Å²) in [4.78, 5) is 12.0. The van der Waals surface area contributed by atoms with E-state index in [4.69, 9.17) is 4.74 Å². The molecule has 0 aliphatic carbocycles. The first kappa shape index (κ1) is 20.0. The highest BCUT2D eigenvalue weighted by atomic mass is 19.2. The van der Waals surface area contributed by atoms with Gasteiger partial charge in [0, 0.05) is 6.07 Å². The zero-order chi connectivity index (χ0) is 19.1. The van der Waals surface area contributed by atoms with Gasteiger partial charge >= 0.3 is 5.97 Å². The highest BCUT2D eigenvalue weighted by Crippen LogP contribution is 2.20. The Bertz CT molecular complexity index is 759. The van der Waals surface area contributed by atoms with Crippen LogP contribution in [0.3, 0.4) is 0 Å². The Balaban J connectivity index is 1.97. The normalized spacial score (nSPS) is 12.0. The predicted molar refractivity (Wildman–Crippen MR) is 94.7 cm³/mol. The number of carbonyl (C=O) groups excluding carboxylic acids is 1. The minimum atomic E-state index is -1.14. The molecule has 5 heteroatoms. The predicted octanol–water partition coefficient (Wildman–Crippen LogP) is 6.08. The number of halogens is 3. The van der Waals surface area contributed by atoms with Crippen molar-refractivity contribution in [3.8, 4) is 5.75 Å². The maximum Gasteiger partial charge on any atom is 0.346 e. The SMILES string of the molecule is CCCC(C)CCCc1ccc(C(=O)Oc2ccc(F)c(F)c2)c(F)c1. The summed E-state index contributed by atoms with van der Waals surface area (Å²) < 4.78 is 45.2. The standard InChI is InChI=1S/C21H23F3O2/c1-3-5-14(2)6-4-7-15-8-10-17(19(23)12-15)21(25)26-16-9-11-18(22)20(24)13-16/h8-14H,3-7H2,1-2H3. The molecule has 26 heavy (non-hydrogen) atoms. The lowest BCUT2D eigenvalue weighted by molar-refractivity contribution is 0.0729. The van der Waals surface area contributed by atoms with Gasteiger partial charge in [0.2, 0.25) is 0 Å². The summed E-state index contributed by atoms with van der Waals surface area (Å²) in [7, 11) is 0. The zero-order valence-corrected chi connectivity index (χ0v) is 15.0. The van der Waals surface area contributed by atoms with E-state index in [1.165, 1.54) is 18.6 Å². The number of ether oxygens (including phenoxy) is 1. The Labute approximate surface area is 152 Å². The minimum absolute atomic E-state index is 0.178. The Morgan fingerprint density at radius 1 is 1.00 bits per heavy atom. The highest BCUT2D eigenvalue weighted by molar-refractivity contribution is 5.91. The maximum absolute atomic E-state index is 14.2.